The van der Waals surface area contributed by atoms with Crippen molar-refractivity contribution in [2.75, 3.05) is 26.3 Å². The molecule has 124 valence electrons. The molecule has 0 unspecified atom stereocenters. The van der Waals surface area contributed by atoms with Gasteiger partial charge in [-0.05, 0) is 27.2 Å². The first-order valence-corrected chi connectivity index (χ1v) is 6.81. The second-order valence-electron chi connectivity index (χ2n) is 4.62. The molecule has 0 aromatic carbocycles. The SMILES string of the molecule is CCOC(=O)CCN(CCCOC(C)C)C(=O)C(F)(F)F. The van der Waals surface area contributed by atoms with Gasteiger partial charge in [0.25, 0.3) is 0 Å². The van der Waals surface area contributed by atoms with Gasteiger partial charge in [-0.2, -0.15) is 13.2 Å². The lowest BCUT2D eigenvalue weighted by atomic mass is 10.3. The van der Waals surface area contributed by atoms with E-state index in [1.807, 2.05) is 0 Å². The summed E-state index contributed by atoms with van der Waals surface area (Å²) in [6.45, 7) is 5.16. The smallest absolute Gasteiger partial charge is 0.466 e. The Balaban J connectivity index is 4.41. The van der Waals surface area contributed by atoms with E-state index in [4.69, 9.17) is 4.74 Å². The zero-order valence-electron chi connectivity index (χ0n) is 12.5. The summed E-state index contributed by atoms with van der Waals surface area (Å²) in [5, 5.41) is 0. The van der Waals surface area contributed by atoms with Gasteiger partial charge in [0.1, 0.15) is 0 Å². The van der Waals surface area contributed by atoms with Crippen molar-refractivity contribution >= 4 is 11.9 Å². The van der Waals surface area contributed by atoms with E-state index in [0.29, 0.717) is 4.90 Å². The number of alkyl halides is 3. The highest BCUT2D eigenvalue weighted by molar-refractivity contribution is 5.82. The van der Waals surface area contributed by atoms with E-state index in [9.17, 15) is 22.8 Å². The van der Waals surface area contributed by atoms with E-state index in [1.54, 1.807) is 20.8 Å². The third-order valence-electron chi connectivity index (χ3n) is 2.44. The summed E-state index contributed by atoms with van der Waals surface area (Å²) in [6, 6.07) is 0. The van der Waals surface area contributed by atoms with Gasteiger partial charge in [-0.25, -0.2) is 0 Å². The monoisotopic (exact) mass is 313 g/mol. The van der Waals surface area contributed by atoms with Gasteiger partial charge in [-0.1, -0.05) is 0 Å². The number of halogens is 3. The topological polar surface area (TPSA) is 55.8 Å². The number of carbonyl (C=O) groups excluding carboxylic acids is 2. The lowest BCUT2D eigenvalue weighted by molar-refractivity contribution is -0.186. The normalized spacial score (nSPS) is 11.6. The fourth-order valence-corrected chi connectivity index (χ4v) is 1.53. The van der Waals surface area contributed by atoms with Crippen LogP contribution in [0.2, 0.25) is 0 Å². The van der Waals surface area contributed by atoms with Crippen molar-refractivity contribution in [2.24, 2.45) is 0 Å². The molecule has 0 saturated carbocycles. The average molecular weight is 313 g/mol. The first-order chi connectivity index (χ1) is 9.68. The van der Waals surface area contributed by atoms with Crippen LogP contribution in [0.1, 0.15) is 33.6 Å². The molecule has 0 aromatic heterocycles. The fraction of sp³-hybridized carbons (Fsp3) is 0.846. The van der Waals surface area contributed by atoms with Crippen molar-refractivity contribution in [3.8, 4) is 0 Å². The number of amides is 1. The van der Waals surface area contributed by atoms with Crippen molar-refractivity contribution < 1.29 is 32.2 Å². The minimum Gasteiger partial charge on any atom is -0.466 e. The van der Waals surface area contributed by atoms with Crippen molar-refractivity contribution in [2.45, 2.75) is 45.9 Å². The van der Waals surface area contributed by atoms with Crippen LogP contribution in [-0.4, -0.2) is 55.4 Å². The highest BCUT2D eigenvalue weighted by atomic mass is 19.4. The molecule has 0 fully saturated rings. The van der Waals surface area contributed by atoms with Crippen LogP contribution in [-0.2, 0) is 19.1 Å². The number of ether oxygens (including phenoxy) is 2. The van der Waals surface area contributed by atoms with Crippen LogP contribution in [0.4, 0.5) is 13.2 Å². The zero-order chi connectivity index (χ0) is 16.5. The molecule has 0 N–H and O–H groups in total. The minimum atomic E-state index is -4.95. The number of nitrogens with zero attached hydrogens (tertiary/aromatic N) is 1. The van der Waals surface area contributed by atoms with Crippen molar-refractivity contribution in [1.29, 1.82) is 0 Å². The van der Waals surface area contributed by atoms with Gasteiger partial charge in [-0.3, -0.25) is 9.59 Å². The predicted molar refractivity (Wildman–Crippen MR) is 69.6 cm³/mol. The second kappa shape index (κ2) is 9.59. The number of carbonyl (C=O) groups is 2. The van der Waals surface area contributed by atoms with E-state index >= 15 is 0 Å². The third-order valence-corrected chi connectivity index (χ3v) is 2.44. The molecule has 0 radical (unpaired) electrons. The Morgan fingerprint density at radius 1 is 1.19 bits per heavy atom. The molecule has 0 heterocycles. The Morgan fingerprint density at radius 3 is 2.29 bits per heavy atom. The molecule has 21 heavy (non-hydrogen) atoms. The molecule has 1 amide bonds. The largest absolute Gasteiger partial charge is 0.471 e. The Kier molecular flexibility index (Phi) is 9.00. The first-order valence-electron chi connectivity index (χ1n) is 6.81. The molecule has 0 spiro atoms. The molecule has 0 rings (SSSR count). The van der Waals surface area contributed by atoms with Gasteiger partial charge in [0, 0.05) is 19.7 Å². The van der Waals surface area contributed by atoms with Crippen LogP contribution >= 0.6 is 0 Å². The van der Waals surface area contributed by atoms with Crippen LogP contribution in [0, 0.1) is 0 Å². The molecule has 0 aliphatic carbocycles. The van der Waals surface area contributed by atoms with Crippen molar-refractivity contribution in [1.82, 2.24) is 4.90 Å². The van der Waals surface area contributed by atoms with E-state index in [0.717, 1.165) is 0 Å². The van der Waals surface area contributed by atoms with E-state index < -0.39 is 18.1 Å². The van der Waals surface area contributed by atoms with Gasteiger partial charge in [0.15, 0.2) is 0 Å². The maximum Gasteiger partial charge on any atom is 0.471 e. The van der Waals surface area contributed by atoms with Gasteiger partial charge < -0.3 is 14.4 Å². The van der Waals surface area contributed by atoms with Crippen LogP contribution in [0.25, 0.3) is 0 Å². The number of hydrogen-bond acceptors (Lipinski definition) is 4. The molecule has 0 aliphatic rings. The van der Waals surface area contributed by atoms with E-state index in [-0.39, 0.29) is 45.2 Å². The Morgan fingerprint density at radius 2 is 1.81 bits per heavy atom. The van der Waals surface area contributed by atoms with Crippen LogP contribution in [0.15, 0.2) is 0 Å². The summed E-state index contributed by atoms with van der Waals surface area (Å²) in [5.41, 5.74) is 0. The van der Waals surface area contributed by atoms with Crippen molar-refractivity contribution in [3.05, 3.63) is 0 Å². The lowest BCUT2D eigenvalue weighted by Gasteiger charge is -2.23. The lowest BCUT2D eigenvalue weighted by Crippen LogP contribution is -2.43. The fourth-order valence-electron chi connectivity index (χ4n) is 1.53. The first kappa shape index (κ1) is 19.7. The van der Waals surface area contributed by atoms with E-state index in [2.05, 4.69) is 4.74 Å². The average Bonchev–Trinajstić information content (AvgIpc) is 2.36. The molecule has 8 heteroatoms. The molecular weight excluding hydrogens is 291 g/mol. The summed E-state index contributed by atoms with van der Waals surface area (Å²) in [5.74, 6) is -2.58. The Bertz CT molecular complexity index is 332. The van der Waals surface area contributed by atoms with Crippen LogP contribution < -0.4 is 0 Å². The molecule has 0 bridgehead atoms. The standard InChI is InChI=1S/C13H22F3NO4/c1-4-20-11(18)6-8-17(12(19)13(14,15)16)7-5-9-21-10(2)3/h10H,4-9H2,1-3H3. The summed E-state index contributed by atoms with van der Waals surface area (Å²) < 4.78 is 47.3. The molecular formula is C13H22F3NO4. The van der Waals surface area contributed by atoms with Crippen LogP contribution in [0.3, 0.4) is 0 Å². The number of rotatable bonds is 9. The molecule has 0 aromatic rings. The number of hydrogen-bond donors (Lipinski definition) is 0. The predicted octanol–water partition coefficient (Wildman–Crippen LogP) is 2.15. The maximum atomic E-state index is 12.5. The van der Waals surface area contributed by atoms with Gasteiger partial charge in [0.2, 0.25) is 0 Å². The van der Waals surface area contributed by atoms with Crippen LogP contribution in [0.5, 0.6) is 0 Å². The third kappa shape index (κ3) is 9.28. The summed E-state index contributed by atoms with van der Waals surface area (Å²) >= 11 is 0. The van der Waals surface area contributed by atoms with Gasteiger partial charge >= 0.3 is 18.1 Å². The van der Waals surface area contributed by atoms with E-state index in [1.165, 1.54) is 0 Å². The summed E-state index contributed by atoms with van der Waals surface area (Å²) in [4.78, 5) is 23.1. The summed E-state index contributed by atoms with van der Waals surface area (Å²) in [7, 11) is 0. The molecule has 5 nitrogen and oxygen atoms in total. The van der Waals surface area contributed by atoms with Crippen molar-refractivity contribution in [3.63, 3.8) is 0 Å². The molecule has 0 atom stereocenters. The molecule has 0 aliphatic heterocycles. The minimum absolute atomic E-state index is 0.0312. The summed E-state index contributed by atoms with van der Waals surface area (Å²) in [6.07, 6.45) is -4.98. The highest BCUT2D eigenvalue weighted by Crippen LogP contribution is 2.19. The maximum absolute atomic E-state index is 12.5. The number of esters is 1. The zero-order valence-corrected chi connectivity index (χ0v) is 12.5. The highest BCUT2D eigenvalue weighted by Gasteiger charge is 2.42. The van der Waals surface area contributed by atoms with Gasteiger partial charge in [0.05, 0.1) is 19.1 Å². The Hall–Kier alpha value is -1.31. The Labute approximate surface area is 122 Å². The molecule has 0 saturated heterocycles. The van der Waals surface area contributed by atoms with Gasteiger partial charge in [-0.15, -0.1) is 0 Å². The second-order valence-corrected chi connectivity index (χ2v) is 4.62. The quantitative estimate of drug-likeness (QED) is 0.483.